The third-order valence-electron chi connectivity index (χ3n) is 4.92. The summed E-state index contributed by atoms with van der Waals surface area (Å²) in [5.41, 5.74) is 1.86. The maximum atomic E-state index is 13.3. The number of halogens is 1. The largest absolute Gasteiger partial charge is 0.366 e. The van der Waals surface area contributed by atoms with Crippen LogP contribution in [-0.4, -0.2) is 28.0 Å². The Morgan fingerprint density at radius 2 is 2.15 bits per heavy atom. The Morgan fingerprint density at radius 1 is 1.26 bits per heavy atom. The van der Waals surface area contributed by atoms with Crippen LogP contribution in [0.15, 0.2) is 35.1 Å². The number of aromatic nitrogens is 3. The second kappa shape index (κ2) is 7.44. The molecule has 4 rings (SSSR count). The highest BCUT2D eigenvalue weighted by Crippen LogP contribution is 2.23. The molecule has 3 N–H and O–H groups in total. The summed E-state index contributed by atoms with van der Waals surface area (Å²) < 4.78 is 13.3. The highest BCUT2D eigenvalue weighted by Gasteiger charge is 2.17. The number of H-pyrrole nitrogens is 1. The Kier molecular flexibility index (Phi) is 4.85. The van der Waals surface area contributed by atoms with Gasteiger partial charge in [0.1, 0.15) is 17.5 Å². The van der Waals surface area contributed by atoms with Crippen LogP contribution in [0.5, 0.6) is 0 Å². The van der Waals surface area contributed by atoms with E-state index in [1.54, 1.807) is 12.1 Å². The summed E-state index contributed by atoms with van der Waals surface area (Å²) in [5, 5.41) is 7.43. The first-order valence-electron chi connectivity index (χ1n) is 9.20. The number of piperidine rings is 1. The zero-order valence-electron chi connectivity index (χ0n) is 15.2. The van der Waals surface area contributed by atoms with Gasteiger partial charge in [-0.25, -0.2) is 14.4 Å². The van der Waals surface area contributed by atoms with Gasteiger partial charge in [0.2, 0.25) is 0 Å². The van der Waals surface area contributed by atoms with Crippen molar-refractivity contribution in [1.82, 2.24) is 20.3 Å². The first-order chi connectivity index (χ1) is 13.1. The van der Waals surface area contributed by atoms with Crippen molar-refractivity contribution in [2.75, 3.05) is 18.4 Å². The minimum Gasteiger partial charge on any atom is -0.366 e. The zero-order chi connectivity index (χ0) is 18.8. The van der Waals surface area contributed by atoms with Gasteiger partial charge in [-0.15, -0.1) is 0 Å². The SMILES string of the molecule is Cc1nc(NCc2cc3ccc(F)cc3[nH]c2=O)cc([C@@H]2CCCNC2)n1. The van der Waals surface area contributed by atoms with Gasteiger partial charge < -0.3 is 15.6 Å². The van der Waals surface area contributed by atoms with Gasteiger partial charge in [0.15, 0.2) is 0 Å². The summed E-state index contributed by atoms with van der Waals surface area (Å²) >= 11 is 0. The number of rotatable bonds is 4. The summed E-state index contributed by atoms with van der Waals surface area (Å²) in [6.45, 7) is 4.20. The molecule has 0 spiro atoms. The maximum absolute atomic E-state index is 13.3. The second-order valence-electron chi connectivity index (χ2n) is 6.98. The highest BCUT2D eigenvalue weighted by molar-refractivity contribution is 5.78. The van der Waals surface area contributed by atoms with Crippen molar-refractivity contribution in [3.8, 4) is 0 Å². The van der Waals surface area contributed by atoms with E-state index >= 15 is 0 Å². The van der Waals surface area contributed by atoms with Crippen LogP contribution in [0.25, 0.3) is 10.9 Å². The van der Waals surface area contributed by atoms with Crippen molar-refractivity contribution >= 4 is 16.7 Å². The molecule has 1 saturated heterocycles. The van der Waals surface area contributed by atoms with Crippen molar-refractivity contribution in [2.24, 2.45) is 0 Å². The number of aromatic amines is 1. The predicted molar refractivity (Wildman–Crippen MR) is 103 cm³/mol. The summed E-state index contributed by atoms with van der Waals surface area (Å²) in [6, 6.07) is 8.12. The number of hydrogen-bond acceptors (Lipinski definition) is 5. The van der Waals surface area contributed by atoms with Crippen molar-refractivity contribution in [1.29, 1.82) is 0 Å². The number of aryl methyl sites for hydroxylation is 1. The Balaban J connectivity index is 1.55. The van der Waals surface area contributed by atoms with E-state index in [-0.39, 0.29) is 11.4 Å². The molecule has 3 heterocycles. The topological polar surface area (TPSA) is 82.7 Å². The fourth-order valence-electron chi connectivity index (χ4n) is 3.53. The molecule has 0 radical (unpaired) electrons. The molecular formula is C20H22FN5O. The van der Waals surface area contributed by atoms with Crippen LogP contribution >= 0.6 is 0 Å². The minimum absolute atomic E-state index is 0.233. The fourth-order valence-corrected chi connectivity index (χ4v) is 3.53. The third-order valence-corrected chi connectivity index (χ3v) is 4.92. The van der Waals surface area contributed by atoms with E-state index in [1.807, 2.05) is 13.0 Å². The Bertz CT molecular complexity index is 1030. The molecule has 0 saturated carbocycles. The minimum atomic E-state index is -0.370. The Morgan fingerprint density at radius 3 is 2.96 bits per heavy atom. The molecule has 140 valence electrons. The molecule has 7 heteroatoms. The number of fused-ring (bicyclic) bond motifs is 1. The molecule has 2 aromatic heterocycles. The normalized spacial score (nSPS) is 17.2. The molecular weight excluding hydrogens is 345 g/mol. The first-order valence-corrected chi connectivity index (χ1v) is 9.20. The number of nitrogens with one attached hydrogen (secondary N) is 3. The zero-order valence-corrected chi connectivity index (χ0v) is 15.2. The Hall–Kier alpha value is -2.80. The lowest BCUT2D eigenvalue weighted by Gasteiger charge is -2.22. The fraction of sp³-hybridized carbons (Fsp3) is 0.350. The van der Waals surface area contributed by atoms with Crippen molar-refractivity contribution in [2.45, 2.75) is 32.2 Å². The van der Waals surface area contributed by atoms with Gasteiger partial charge in [-0.05, 0) is 56.0 Å². The lowest BCUT2D eigenvalue weighted by molar-refractivity contribution is 0.453. The quantitative estimate of drug-likeness (QED) is 0.661. The van der Waals surface area contributed by atoms with Crippen LogP contribution in [0, 0.1) is 12.7 Å². The number of nitrogens with zero attached hydrogens (tertiary/aromatic N) is 2. The van der Waals surface area contributed by atoms with Crippen molar-refractivity contribution in [3.05, 3.63) is 63.6 Å². The molecule has 0 aliphatic carbocycles. The number of pyridine rings is 1. The number of hydrogen-bond donors (Lipinski definition) is 3. The predicted octanol–water partition coefficient (Wildman–Crippen LogP) is 2.84. The maximum Gasteiger partial charge on any atom is 0.253 e. The number of anilines is 1. The lowest BCUT2D eigenvalue weighted by atomic mass is 9.96. The van der Waals surface area contributed by atoms with Crippen LogP contribution < -0.4 is 16.2 Å². The van der Waals surface area contributed by atoms with E-state index in [0.29, 0.717) is 35.2 Å². The first kappa shape index (κ1) is 17.6. The average Bonchev–Trinajstić information content (AvgIpc) is 2.66. The van der Waals surface area contributed by atoms with E-state index in [2.05, 4.69) is 25.6 Å². The molecule has 3 aromatic rings. The molecule has 1 atom stereocenters. The van der Waals surface area contributed by atoms with Crippen LogP contribution in [0.3, 0.4) is 0 Å². The summed E-state index contributed by atoms with van der Waals surface area (Å²) in [4.78, 5) is 24.0. The Labute approximate surface area is 156 Å². The molecule has 27 heavy (non-hydrogen) atoms. The van der Waals surface area contributed by atoms with E-state index in [0.717, 1.165) is 37.0 Å². The van der Waals surface area contributed by atoms with Gasteiger partial charge in [0.25, 0.3) is 5.56 Å². The van der Waals surface area contributed by atoms with E-state index < -0.39 is 0 Å². The van der Waals surface area contributed by atoms with Crippen LogP contribution in [-0.2, 0) is 6.54 Å². The molecule has 1 fully saturated rings. The standard InChI is InChI=1S/C20H22FN5O/c1-12-24-18(14-3-2-6-22-10-14)9-19(25-12)23-11-15-7-13-4-5-16(21)8-17(13)26-20(15)27/h4-5,7-9,14,22H,2-3,6,10-11H2,1H3,(H,26,27)(H,23,24,25)/t14-/m1/s1. The smallest absolute Gasteiger partial charge is 0.253 e. The molecule has 1 aromatic carbocycles. The number of benzene rings is 1. The molecule has 1 aliphatic heterocycles. The molecule has 0 unspecified atom stereocenters. The summed E-state index contributed by atoms with van der Waals surface area (Å²) in [7, 11) is 0. The molecule has 0 amide bonds. The van der Waals surface area contributed by atoms with Crippen LogP contribution in [0.4, 0.5) is 10.2 Å². The van der Waals surface area contributed by atoms with Gasteiger partial charge in [0.05, 0.1) is 11.2 Å². The van der Waals surface area contributed by atoms with Crippen LogP contribution in [0.1, 0.15) is 35.8 Å². The molecule has 6 nitrogen and oxygen atoms in total. The molecule has 1 aliphatic rings. The molecule has 0 bridgehead atoms. The van der Waals surface area contributed by atoms with Crippen molar-refractivity contribution in [3.63, 3.8) is 0 Å². The van der Waals surface area contributed by atoms with Crippen LogP contribution in [0.2, 0.25) is 0 Å². The van der Waals surface area contributed by atoms with Gasteiger partial charge in [-0.1, -0.05) is 0 Å². The van der Waals surface area contributed by atoms with E-state index in [4.69, 9.17) is 0 Å². The average molecular weight is 367 g/mol. The summed E-state index contributed by atoms with van der Waals surface area (Å²) in [5.74, 6) is 1.44. The van der Waals surface area contributed by atoms with Crippen molar-refractivity contribution < 1.29 is 4.39 Å². The second-order valence-corrected chi connectivity index (χ2v) is 6.98. The highest BCUT2D eigenvalue weighted by atomic mass is 19.1. The third kappa shape index (κ3) is 3.98. The lowest BCUT2D eigenvalue weighted by Crippen LogP contribution is -2.29. The van der Waals surface area contributed by atoms with E-state index in [9.17, 15) is 9.18 Å². The van der Waals surface area contributed by atoms with Gasteiger partial charge in [-0.2, -0.15) is 0 Å². The monoisotopic (exact) mass is 367 g/mol. The van der Waals surface area contributed by atoms with Gasteiger partial charge in [0, 0.05) is 30.6 Å². The van der Waals surface area contributed by atoms with Gasteiger partial charge in [-0.3, -0.25) is 4.79 Å². The van der Waals surface area contributed by atoms with Gasteiger partial charge >= 0.3 is 0 Å². The van der Waals surface area contributed by atoms with E-state index in [1.165, 1.54) is 12.1 Å². The summed E-state index contributed by atoms with van der Waals surface area (Å²) in [6.07, 6.45) is 2.26.